The Morgan fingerprint density at radius 2 is 2.27 bits per heavy atom. The van der Waals surface area contributed by atoms with Crippen molar-refractivity contribution >= 4 is 21.9 Å². The van der Waals surface area contributed by atoms with Gasteiger partial charge in [-0.1, -0.05) is 15.9 Å². The molecule has 0 heterocycles. The lowest BCUT2D eigenvalue weighted by Gasteiger charge is -2.08. The fraction of sp³-hybridized carbons (Fsp3) is 0.300. The maximum Gasteiger partial charge on any atom is 0.332 e. The number of ether oxygens (including phenoxy) is 1. The van der Waals surface area contributed by atoms with Crippen LogP contribution in [0, 0.1) is 5.82 Å². The molecule has 0 aliphatic heterocycles. The first-order valence-electron chi connectivity index (χ1n) is 4.28. The van der Waals surface area contributed by atoms with E-state index in [1.165, 1.54) is 19.1 Å². The van der Waals surface area contributed by atoms with Gasteiger partial charge in [-0.2, -0.15) is 0 Å². The van der Waals surface area contributed by atoms with Gasteiger partial charge in [-0.15, -0.1) is 0 Å². The van der Waals surface area contributed by atoms with Gasteiger partial charge in [0, 0.05) is 4.47 Å². The SMILES string of the molecule is CC(OCc1cc(F)cc(Br)c1)C(=O)O. The molecular formula is C10H10BrFO3. The number of carbonyl (C=O) groups is 1. The molecule has 0 saturated heterocycles. The topological polar surface area (TPSA) is 46.5 Å². The molecule has 0 radical (unpaired) electrons. The Morgan fingerprint density at radius 3 is 2.80 bits per heavy atom. The van der Waals surface area contributed by atoms with Crippen molar-refractivity contribution < 1.29 is 19.0 Å². The summed E-state index contributed by atoms with van der Waals surface area (Å²) in [7, 11) is 0. The summed E-state index contributed by atoms with van der Waals surface area (Å²) >= 11 is 3.14. The van der Waals surface area contributed by atoms with Gasteiger partial charge in [0.2, 0.25) is 0 Å². The number of benzene rings is 1. The zero-order valence-corrected chi connectivity index (χ0v) is 9.62. The molecule has 0 saturated carbocycles. The molecule has 0 spiro atoms. The average Bonchev–Trinajstić information content (AvgIpc) is 2.12. The lowest BCUT2D eigenvalue weighted by Crippen LogP contribution is -2.19. The molecule has 1 N–H and O–H groups in total. The fourth-order valence-electron chi connectivity index (χ4n) is 0.987. The molecule has 15 heavy (non-hydrogen) atoms. The second-order valence-electron chi connectivity index (χ2n) is 3.07. The molecule has 1 aromatic rings. The van der Waals surface area contributed by atoms with Crippen LogP contribution in [0.25, 0.3) is 0 Å². The summed E-state index contributed by atoms with van der Waals surface area (Å²) in [6, 6.07) is 4.31. The normalized spacial score (nSPS) is 12.5. The van der Waals surface area contributed by atoms with Crippen LogP contribution >= 0.6 is 15.9 Å². The Labute approximate surface area is 95.0 Å². The van der Waals surface area contributed by atoms with Crippen molar-refractivity contribution in [3.63, 3.8) is 0 Å². The quantitative estimate of drug-likeness (QED) is 0.920. The van der Waals surface area contributed by atoms with Crippen LogP contribution in [0.2, 0.25) is 0 Å². The zero-order chi connectivity index (χ0) is 11.4. The first-order chi connectivity index (χ1) is 6.99. The Bertz CT molecular complexity index is 347. The van der Waals surface area contributed by atoms with Crippen molar-refractivity contribution in [3.8, 4) is 0 Å². The van der Waals surface area contributed by atoms with Crippen LogP contribution in [0.4, 0.5) is 4.39 Å². The largest absolute Gasteiger partial charge is 0.479 e. The lowest BCUT2D eigenvalue weighted by atomic mass is 10.2. The van der Waals surface area contributed by atoms with E-state index in [2.05, 4.69) is 15.9 Å². The molecule has 1 aromatic carbocycles. The van der Waals surface area contributed by atoms with E-state index in [1.807, 2.05) is 0 Å². The lowest BCUT2D eigenvalue weighted by molar-refractivity contribution is -0.149. The van der Waals surface area contributed by atoms with Crippen molar-refractivity contribution in [2.24, 2.45) is 0 Å². The second-order valence-corrected chi connectivity index (χ2v) is 3.98. The van der Waals surface area contributed by atoms with Gasteiger partial charge >= 0.3 is 5.97 Å². The predicted octanol–water partition coefficient (Wildman–Crippen LogP) is 2.58. The number of carboxylic acids is 1. The number of hydrogen-bond acceptors (Lipinski definition) is 2. The first-order valence-corrected chi connectivity index (χ1v) is 5.07. The Balaban J connectivity index is 2.61. The van der Waals surface area contributed by atoms with Crippen molar-refractivity contribution in [2.75, 3.05) is 0 Å². The van der Waals surface area contributed by atoms with Gasteiger partial charge < -0.3 is 9.84 Å². The minimum absolute atomic E-state index is 0.0732. The molecule has 0 fully saturated rings. The van der Waals surface area contributed by atoms with E-state index in [9.17, 15) is 9.18 Å². The van der Waals surface area contributed by atoms with Crippen molar-refractivity contribution in [2.45, 2.75) is 19.6 Å². The molecule has 0 aliphatic carbocycles. The highest BCUT2D eigenvalue weighted by Gasteiger charge is 2.11. The number of halogens is 2. The molecule has 3 nitrogen and oxygen atoms in total. The highest BCUT2D eigenvalue weighted by Crippen LogP contribution is 2.15. The summed E-state index contributed by atoms with van der Waals surface area (Å²) < 4.78 is 18.5. The maximum atomic E-state index is 12.9. The highest BCUT2D eigenvalue weighted by atomic mass is 79.9. The number of rotatable bonds is 4. The van der Waals surface area contributed by atoms with Gasteiger partial charge in [0.25, 0.3) is 0 Å². The fourth-order valence-corrected chi connectivity index (χ4v) is 1.50. The van der Waals surface area contributed by atoms with Crippen molar-refractivity contribution in [1.29, 1.82) is 0 Å². The third kappa shape index (κ3) is 3.97. The molecular weight excluding hydrogens is 267 g/mol. The summed E-state index contributed by atoms with van der Waals surface area (Å²) in [4.78, 5) is 10.4. The smallest absolute Gasteiger partial charge is 0.332 e. The summed E-state index contributed by atoms with van der Waals surface area (Å²) in [5.74, 6) is -1.42. The van der Waals surface area contributed by atoms with E-state index in [0.717, 1.165) is 0 Å². The van der Waals surface area contributed by atoms with Gasteiger partial charge in [-0.3, -0.25) is 0 Å². The maximum absolute atomic E-state index is 12.9. The van der Waals surface area contributed by atoms with Gasteiger partial charge in [-0.05, 0) is 30.7 Å². The Kier molecular flexibility index (Phi) is 4.23. The minimum atomic E-state index is -1.04. The summed E-state index contributed by atoms with van der Waals surface area (Å²) in [5, 5.41) is 8.56. The monoisotopic (exact) mass is 276 g/mol. The minimum Gasteiger partial charge on any atom is -0.479 e. The van der Waals surface area contributed by atoms with E-state index < -0.39 is 12.1 Å². The van der Waals surface area contributed by atoms with Gasteiger partial charge in [0.1, 0.15) is 5.82 Å². The Morgan fingerprint density at radius 1 is 1.60 bits per heavy atom. The molecule has 0 amide bonds. The van der Waals surface area contributed by atoms with Crippen LogP contribution in [-0.2, 0) is 16.1 Å². The van der Waals surface area contributed by atoms with Crippen LogP contribution in [0.1, 0.15) is 12.5 Å². The first kappa shape index (κ1) is 12.1. The van der Waals surface area contributed by atoms with Crippen LogP contribution < -0.4 is 0 Å². The Hall–Kier alpha value is -0.940. The van der Waals surface area contributed by atoms with Crippen LogP contribution in [0.15, 0.2) is 22.7 Å². The molecule has 0 bridgehead atoms. The van der Waals surface area contributed by atoms with E-state index in [1.54, 1.807) is 6.07 Å². The molecule has 5 heteroatoms. The van der Waals surface area contributed by atoms with E-state index >= 15 is 0 Å². The van der Waals surface area contributed by atoms with Crippen molar-refractivity contribution in [3.05, 3.63) is 34.1 Å². The molecule has 0 aromatic heterocycles. The third-order valence-electron chi connectivity index (χ3n) is 1.77. The number of carboxylic acid groups (broad SMARTS) is 1. The molecule has 0 aliphatic rings. The third-order valence-corrected chi connectivity index (χ3v) is 2.23. The van der Waals surface area contributed by atoms with E-state index in [0.29, 0.717) is 10.0 Å². The van der Waals surface area contributed by atoms with Crippen LogP contribution in [-0.4, -0.2) is 17.2 Å². The standard InChI is InChI=1S/C10H10BrFO3/c1-6(10(13)14)15-5-7-2-8(11)4-9(12)3-7/h2-4,6H,5H2,1H3,(H,13,14). The zero-order valence-electron chi connectivity index (χ0n) is 8.04. The van der Waals surface area contributed by atoms with E-state index in [4.69, 9.17) is 9.84 Å². The van der Waals surface area contributed by atoms with Crippen LogP contribution in [0.3, 0.4) is 0 Å². The molecule has 1 unspecified atom stereocenters. The number of hydrogen-bond donors (Lipinski definition) is 1. The predicted molar refractivity (Wildman–Crippen MR) is 56.0 cm³/mol. The van der Waals surface area contributed by atoms with Gasteiger partial charge in [0.15, 0.2) is 6.10 Å². The van der Waals surface area contributed by atoms with Gasteiger partial charge in [0.05, 0.1) is 6.61 Å². The summed E-state index contributed by atoms with van der Waals surface area (Å²) in [5.41, 5.74) is 0.593. The molecule has 1 atom stereocenters. The highest BCUT2D eigenvalue weighted by molar-refractivity contribution is 9.10. The average molecular weight is 277 g/mol. The van der Waals surface area contributed by atoms with E-state index in [-0.39, 0.29) is 12.4 Å². The van der Waals surface area contributed by atoms with Crippen molar-refractivity contribution in [1.82, 2.24) is 0 Å². The number of aliphatic carboxylic acids is 1. The second kappa shape index (κ2) is 5.23. The molecule has 1 rings (SSSR count). The summed E-state index contributed by atoms with van der Waals surface area (Å²) in [6.45, 7) is 1.50. The molecule has 82 valence electrons. The van der Waals surface area contributed by atoms with Crippen LogP contribution in [0.5, 0.6) is 0 Å². The van der Waals surface area contributed by atoms with Gasteiger partial charge in [-0.25, -0.2) is 9.18 Å². The summed E-state index contributed by atoms with van der Waals surface area (Å²) in [6.07, 6.45) is -0.896.